The normalized spacial score (nSPS) is 17.0. The molecule has 0 amide bonds. The maximum absolute atomic E-state index is 10.4. The number of anilines is 1. The molecule has 6 nitrogen and oxygen atoms in total. The Balaban J connectivity index is 1.68. The van der Waals surface area contributed by atoms with Gasteiger partial charge in [-0.25, -0.2) is 9.97 Å². The van der Waals surface area contributed by atoms with Gasteiger partial charge >= 0.3 is 0 Å². The molecule has 1 aliphatic carbocycles. The van der Waals surface area contributed by atoms with Crippen molar-refractivity contribution in [2.75, 3.05) is 5.73 Å². The first-order valence-electron chi connectivity index (χ1n) is 10.5. The predicted octanol–water partition coefficient (Wildman–Crippen LogP) is 4.77. The van der Waals surface area contributed by atoms with Crippen molar-refractivity contribution in [1.29, 1.82) is 0 Å². The number of hydrogen-bond acceptors (Lipinski definition) is 5. The van der Waals surface area contributed by atoms with Crippen molar-refractivity contribution in [1.82, 2.24) is 19.5 Å². The summed E-state index contributed by atoms with van der Waals surface area (Å²) in [5, 5.41) is 10.4. The van der Waals surface area contributed by atoms with Crippen LogP contribution in [0.5, 0.6) is 6.01 Å². The van der Waals surface area contributed by atoms with Crippen LogP contribution in [-0.2, 0) is 6.54 Å². The summed E-state index contributed by atoms with van der Waals surface area (Å²) in [6.07, 6.45) is 11.2. The molecule has 0 saturated heterocycles. The van der Waals surface area contributed by atoms with Crippen LogP contribution in [0.2, 0.25) is 0 Å². The summed E-state index contributed by atoms with van der Waals surface area (Å²) in [5.74, 6) is 1.49. The lowest BCUT2D eigenvalue weighted by molar-refractivity contribution is 0.408. The van der Waals surface area contributed by atoms with Gasteiger partial charge in [-0.3, -0.25) is 4.57 Å². The molecule has 1 fully saturated rings. The predicted molar refractivity (Wildman–Crippen MR) is 111 cm³/mol. The molecular weight excluding hydrogens is 350 g/mol. The van der Waals surface area contributed by atoms with Gasteiger partial charge in [-0.2, -0.15) is 4.98 Å². The molecule has 2 aromatic heterocycles. The average Bonchev–Trinajstić information content (AvgIpc) is 3.03. The first-order chi connectivity index (χ1) is 13.7. The number of nitrogen functional groups attached to an aromatic ring is 1. The molecule has 4 rings (SSSR count). The lowest BCUT2D eigenvalue weighted by Gasteiger charge is -2.18. The van der Waals surface area contributed by atoms with Crippen molar-refractivity contribution < 1.29 is 5.11 Å². The molecular formula is C22H29N5O. The molecule has 0 spiro atoms. The van der Waals surface area contributed by atoms with Crippen molar-refractivity contribution in [3.05, 3.63) is 41.7 Å². The minimum absolute atomic E-state index is 0.0667. The zero-order valence-electron chi connectivity index (χ0n) is 16.3. The van der Waals surface area contributed by atoms with Crippen molar-refractivity contribution in [3.63, 3.8) is 0 Å². The summed E-state index contributed by atoms with van der Waals surface area (Å²) in [7, 11) is 0. The SMILES string of the molecule is Nc1nc(C2CCCCCCCCC2)nc2c1nc(O)n2Cc1ccccc1. The van der Waals surface area contributed by atoms with E-state index in [9.17, 15) is 5.11 Å². The minimum Gasteiger partial charge on any atom is -0.480 e. The Morgan fingerprint density at radius 2 is 1.54 bits per heavy atom. The van der Waals surface area contributed by atoms with E-state index in [1.54, 1.807) is 4.57 Å². The molecule has 1 aliphatic rings. The van der Waals surface area contributed by atoms with Crippen LogP contribution in [-0.4, -0.2) is 24.6 Å². The molecule has 3 aromatic rings. The van der Waals surface area contributed by atoms with Crippen LogP contribution < -0.4 is 5.73 Å². The van der Waals surface area contributed by atoms with Crippen LogP contribution >= 0.6 is 0 Å². The second-order valence-electron chi connectivity index (χ2n) is 7.87. The van der Waals surface area contributed by atoms with Crippen LogP contribution in [0.3, 0.4) is 0 Å². The van der Waals surface area contributed by atoms with E-state index in [4.69, 9.17) is 10.7 Å². The van der Waals surface area contributed by atoms with Crippen LogP contribution in [0, 0.1) is 0 Å². The number of nitrogens with two attached hydrogens (primary N) is 1. The highest BCUT2D eigenvalue weighted by Crippen LogP contribution is 2.31. The van der Waals surface area contributed by atoms with Gasteiger partial charge in [0.2, 0.25) is 0 Å². The Kier molecular flexibility index (Phi) is 5.74. The van der Waals surface area contributed by atoms with Gasteiger partial charge < -0.3 is 10.8 Å². The monoisotopic (exact) mass is 379 g/mol. The van der Waals surface area contributed by atoms with Gasteiger partial charge in [-0.15, -0.1) is 0 Å². The first-order valence-corrected chi connectivity index (χ1v) is 10.5. The van der Waals surface area contributed by atoms with Gasteiger partial charge in [0.05, 0.1) is 6.54 Å². The summed E-state index contributed by atoms with van der Waals surface area (Å²) in [4.78, 5) is 13.7. The van der Waals surface area contributed by atoms with E-state index in [0.29, 0.717) is 29.4 Å². The molecule has 1 aromatic carbocycles. The zero-order chi connectivity index (χ0) is 19.3. The number of aromatic hydroxyl groups is 1. The highest BCUT2D eigenvalue weighted by molar-refractivity contribution is 5.82. The Morgan fingerprint density at radius 1 is 0.893 bits per heavy atom. The Bertz CT molecular complexity index is 912. The topological polar surface area (TPSA) is 89.8 Å². The lowest BCUT2D eigenvalue weighted by atomic mass is 9.91. The highest BCUT2D eigenvalue weighted by Gasteiger charge is 2.21. The lowest BCUT2D eigenvalue weighted by Crippen LogP contribution is -2.10. The molecule has 0 bridgehead atoms. The Labute approximate surface area is 165 Å². The second-order valence-corrected chi connectivity index (χ2v) is 7.87. The summed E-state index contributed by atoms with van der Waals surface area (Å²) in [6, 6.07) is 9.94. The largest absolute Gasteiger partial charge is 0.480 e. The first kappa shape index (κ1) is 18.7. The molecule has 0 atom stereocenters. The van der Waals surface area contributed by atoms with E-state index in [0.717, 1.165) is 24.2 Å². The fourth-order valence-electron chi connectivity index (χ4n) is 4.19. The molecule has 0 radical (unpaired) electrons. The van der Waals surface area contributed by atoms with Crippen LogP contribution in [0.1, 0.15) is 75.1 Å². The molecule has 148 valence electrons. The van der Waals surface area contributed by atoms with Crippen LogP contribution in [0.25, 0.3) is 11.2 Å². The van der Waals surface area contributed by atoms with Crippen molar-refractivity contribution in [2.45, 2.75) is 70.3 Å². The van der Waals surface area contributed by atoms with Gasteiger partial charge in [0.1, 0.15) is 5.82 Å². The fourth-order valence-corrected chi connectivity index (χ4v) is 4.19. The number of imidazole rings is 1. The van der Waals surface area contributed by atoms with Gasteiger partial charge in [-0.05, 0) is 18.4 Å². The Hall–Kier alpha value is -2.63. The maximum atomic E-state index is 10.4. The summed E-state index contributed by atoms with van der Waals surface area (Å²) < 4.78 is 1.73. The fraction of sp³-hybridized carbons (Fsp3) is 0.500. The number of fused-ring (bicyclic) bond motifs is 1. The van der Waals surface area contributed by atoms with Crippen LogP contribution in [0.15, 0.2) is 30.3 Å². The van der Waals surface area contributed by atoms with Crippen molar-refractivity contribution in [2.24, 2.45) is 0 Å². The van der Waals surface area contributed by atoms with E-state index >= 15 is 0 Å². The number of aromatic nitrogens is 4. The zero-order valence-corrected chi connectivity index (χ0v) is 16.3. The van der Waals surface area contributed by atoms with Gasteiger partial charge in [0.15, 0.2) is 17.0 Å². The average molecular weight is 380 g/mol. The standard InChI is InChI=1S/C22H29N5O/c23-19-18-21(27(22(28)24-18)15-16-11-7-6-8-12-16)26-20(25-19)17-13-9-4-2-1-3-5-10-14-17/h6-8,11-12,17H,1-5,9-10,13-15H2,(H,24,28)(H2,23,25,26). The number of rotatable bonds is 3. The molecule has 3 N–H and O–H groups in total. The molecule has 0 unspecified atom stereocenters. The van der Waals surface area contributed by atoms with Gasteiger partial charge in [0, 0.05) is 5.92 Å². The quantitative estimate of drug-likeness (QED) is 0.684. The second kappa shape index (κ2) is 8.59. The van der Waals surface area contributed by atoms with E-state index < -0.39 is 0 Å². The number of nitrogens with zero attached hydrogens (tertiary/aromatic N) is 4. The molecule has 28 heavy (non-hydrogen) atoms. The van der Waals surface area contributed by atoms with Gasteiger partial charge in [0.25, 0.3) is 6.01 Å². The van der Waals surface area contributed by atoms with E-state index in [1.807, 2.05) is 30.3 Å². The third kappa shape index (κ3) is 4.11. The van der Waals surface area contributed by atoms with Gasteiger partial charge in [-0.1, -0.05) is 75.3 Å². The maximum Gasteiger partial charge on any atom is 0.296 e. The van der Waals surface area contributed by atoms with Crippen LogP contribution in [0.4, 0.5) is 5.82 Å². The number of hydrogen-bond donors (Lipinski definition) is 2. The third-order valence-electron chi connectivity index (χ3n) is 5.77. The van der Waals surface area contributed by atoms with Crippen molar-refractivity contribution >= 4 is 17.0 Å². The summed E-state index contributed by atoms with van der Waals surface area (Å²) in [5.41, 5.74) is 8.41. The molecule has 6 heteroatoms. The Morgan fingerprint density at radius 3 is 2.21 bits per heavy atom. The summed E-state index contributed by atoms with van der Waals surface area (Å²) >= 11 is 0. The molecule has 2 heterocycles. The smallest absolute Gasteiger partial charge is 0.296 e. The van der Waals surface area contributed by atoms with Crippen molar-refractivity contribution in [3.8, 4) is 6.01 Å². The van der Waals surface area contributed by atoms with E-state index in [2.05, 4.69) is 9.97 Å². The summed E-state index contributed by atoms with van der Waals surface area (Å²) in [6.45, 7) is 0.504. The number of benzene rings is 1. The molecule has 0 aliphatic heterocycles. The van der Waals surface area contributed by atoms with E-state index in [-0.39, 0.29) is 6.01 Å². The molecule has 1 saturated carbocycles. The minimum atomic E-state index is -0.0667. The highest BCUT2D eigenvalue weighted by atomic mass is 16.3. The van der Waals surface area contributed by atoms with E-state index in [1.165, 1.54) is 44.9 Å². The third-order valence-corrected chi connectivity index (χ3v) is 5.77.